The number of carbonyl (C=O) groups excluding carboxylic acids is 1. The highest BCUT2D eigenvalue weighted by molar-refractivity contribution is 9.11. The molecule has 0 unspecified atom stereocenters. The third-order valence-corrected chi connectivity index (χ3v) is 4.87. The molecule has 0 atom stereocenters. The number of hydrogen-bond acceptors (Lipinski definition) is 2. The van der Waals surface area contributed by atoms with E-state index in [0.29, 0.717) is 19.1 Å². The highest BCUT2D eigenvalue weighted by Gasteiger charge is 2.22. The molecule has 2 rings (SSSR count). The molecule has 7 heteroatoms. The molecule has 1 aliphatic rings. The Balaban J connectivity index is 2.02. The van der Waals surface area contributed by atoms with Crippen molar-refractivity contribution in [2.45, 2.75) is 18.9 Å². The van der Waals surface area contributed by atoms with Crippen LogP contribution in [0.25, 0.3) is 0 Å². The molecule has 1 saturated heterocycles. The average molecular weight is 456 g/mol. The van der Waals surface area contributed by atoms with Gasteiger partial charge in [0.25, 0.3) is 0 Å². The molecule has 0 saturated carbocycles. The minimum absolute atomic E-state index is 0.329. The second kappa shape index (κ2) is 6.45. The summed E-state index contributed by atoms with van der Waals surface area (Å²) in [4.78, 5) is 12.8. The second-order valence-electron chi connectivity index (χ2n) is 4.49. The van der Waals surface area contributed by atoms with Gasteiger partial charge in [-0.15, -0.1) is 0 Å². The van der Waals surface area contributed by atoms with E-state index in [1.54, 1.807) is 4.90 Å². The van der Waals surface area contributed by atoms with Gasteiger partial charge in [-0.05, 0) is 56.8 Å². The zero-order valence-corrected chi connectivity index (χ0v) is 14.9. The molecule has 1 fully saturated rings. The van der Waals surface area contributed by atoms with Gasteiger partial charge < -0.3 is 16.0 Å². The van der Waals surface area contributed by atoms with Gasteiger partial charge in [0, 0.05) is 32.5 Å². The number of nitrogens with zero attached hydrogens (tertiary/aromatic N) is 1. The summed E-state index contributed by atoms with van der Waals surface area (Å²) >= 11 is 10.6. The van der Waals surface area contributed by atoms with Gasteiger partial charge in [-0.1, -0.05) is 15.9 Å². The van der Waals surface area contributed by atoms with Crippen LogP contribution in [0.15, 0.2) is 25.6 Å². The topological polar surface area (TPSA) is 58.4 Å². The largest absolute Gasteiger partial charge is 0.380 e. The van der Waals surface area contributed by atoms with E-state index in [0.717, 1.165) is 31.9 Å². The standard InChI is InChI=1S/C12H14Br3N3O/c13-7-5-9(14)11(10(15)6-7)17-8-1-3-18(4-2-8)12(16)19/h5-6,8,17H,1-4H2,(H2,16,19). The summed E-state index contributed by atoms with van der Waals surface area (Å²) in [7, 11) is 0. The van der Waals surface area contributed by atoms with Crippen LogP contribution >= 0.6 is 47.8 Å². The molecule has 3 N–H and O–H groups in total. The predicted octanol–water partition coefficient (Wildman–Crippen LogP) is 3.93. The van der Waals surface area contributed by atoms with Crippen molar-refractivity contribution in [1.82, 2.24) is 4.90 Å². The number of carbonyl (C=O) groups is 1. The monoisotopic (exact) mass is 453 g/mol. The van der Waals surface area contributed by atoms with Gasteiger partial charge in [-0.3, -0.25) is 0 Å². The Kier molecular flexibility index (Phi) is 5.14. The molecule has 104 valence electrons. The first-order valence-electron chi connectivity index (χ1n) is 5.93. The Labute approximate surface area is 137 Å². The van der Waals surface area contributed by atoms with Gasteiger partial charge in [0.1, 0.15) is 0 Å². The van der Waals surface area contributed by atoms with Crippen LogP contribution in [0, 0.1) is 0 Å². The molecule has 1 aliphatic heterocycles. The molecule has 0 radical (unpaired) electrons. The molecule has 1 aromatic carbocycles. The van der Waals surface area contributed by atoms with E-state index in [2.05, 4.69) is 53.1 Å². The van der Waals surface area contributed by atoms with E-state index in [4.69, 9.17) is 5.73 Å². The maximum absolute atomic E-state index is 11.1. The summed E-state index contributed by atoms with van der Waals surface area (Å²) in [6, 6.07) is 4.03. The zero-order valence-electron chi connectivity index (χ0n) is 10.1. The molecule has 19 heavy (non-hydrogen) atoms. The summed E-state index contributed by atoms with van der Waals surface area (Å²) in [5.41, 5.74) is 6.32. The van der Waals surface area contributed by atoms with Gasteiger partial charge >= 0.3 is 6.03 Å². The first-order valence-corrected chi connectivity index (χ1v) is 8.30. The van der Waals surface area contributed by atoms with Crippen molar-refractivity contribution in [2.24, 2.45) is 5.73 Å². The number of rotatable bonds is 2. The van der Waals surface area contributed by atoms with Crippen LogP contribution < -0.4 is 11.1 Å². The van der Waals surface area contributed by atoms with E-state index in [9.17, 15) is 4.79 Å². The highest BCUT2D eigenvalue weighted by atomic mass is 79.9. The third-order valence-electron chi connectivity index (χ3n) is 3.16. The lowest BCUT2D eigenvalue weighted by Crippen LogP contribution is -2.44. The molecular weight excluding hydrogens is 442 g/mol. The number of halogens is 3. The fourth-order valence-electron chi connectivity index (χ4n) is 2.13. The Morgan fingerprint density at radius 2 is 1.74 bits per heavy atom. The first kappa shape index (κ1) is 15.1. The van der Waals surface area contributed by atoms with Crippen molar-refractivity contribution in [2.75, 3.05) is 18.4 Å². The molecule has 1 heterocycles. The number of nitrogens with two attached hydrogens (primary N) is 1. The number of anilines is 1. The quantitative estimate of drug-likeness (QED) is 0.710. The number of benzene rings is 1. The van der Waals surface area contributed by atoms with Crippen LogP contribution in [0.3, 0.4) is 0 Å². The highest BCUT2D eigenvalue weighted by Crippen LogP contribution is 2.35. The van der Waals surface area contributed by atoms with Crippen molar-refractivity contribution in [3.05, 3.63) is 25.6 Å². The predicted molar refractivity (Wildman–Crippen MR) is 87.3 cm³/mol. The molecule has 0 aromatic heterocycles. The number of amides is 2. The second-order valence-corrected chi connectivity index (χ2v) is 7.11. The van der Waals surface area contributed by atoms with Crippen LogP contribution in [0.4, 0.5) is 10.5 Å². The van der Waals surface area contributed by atoms with Crippen LogP contribution in [0.2, 0.25) is 0 Å². The van der Waals surface area contributed by atoms with Gasteiger partial charge in [0.05, 0.1) is 5.69 Å². The lowest BCUT2D eigenvalue weighted by Gasteiger charge is -2.32. The summed E-state index contributed by atoms with van der Waals surface area (Å²) in [6.45, 7) is 1.41. The zero-order chi connectivity index (χ0) is 14.0. The van der Waals surface area contributed by atoms with Gasteiger partial charge in [-0.2, -0.15) is 0 Å². The molecule has 0 spiro atoms. The van der Waals surface area contributed by atoms with Crippen LogP contribution in [0.5, 0.6) is 0 Å². The maximum atomic E-state index is 11.1. The van der Waals surface area contributed by atoms with Crippen molar-refractivity contribution in [3.8, 4) is 0 Å². The number of primary amides is 1. The van der Waals surface area contributed by atoms with Gasteiger partial charge in [0.2, 0.25) is 0 Å². The minimum atomic E-state index is -0.329. The summed E-state index contributed by atoms with van der Waals surface area (Å²) in [5, 5.41) is 3.51. The van der Waals surface area contributed by atoms with Crippen LogP contribution in [0.1, 0.15) is 12.8 Å². The smallest absolute Gasteiger partial charge is 0.314 e. The van der Waals surface area contributed by atoms with Crippen LogP contribution in [-0.2, 0) is 0 Å². The molecular formula is C12H14Br3N3O. The third kappa shape index (κ3) is 3.86. The Morgan fingerprint density at radius 3 is 2.21 bits per heavy atom. The first-order chi connectivity index (χ1) is 8.97. The van der Waals surface area contributed by atoms with Crippen molar-refractivity contribution < 1.29 is 4.79 Å². The SMILES string of the molecule is NC(=O)N1CCC(Nc2c(Br)cc(Br)cc2Br)CC1. The number of urea groups is 1. The molecule has 2 amide bonds. The van der Waals surface area contributed by atoms with E-state index in [-0.39, 0.29) is 6.03 Å². The summed E-state index contributed by atoms with van der Waals surface area (Å²) in [5.74, 6) is 0. The number of hydrogen-bond donors (Lipinski definition) is 2. The van der Waals surface area contributed by atoms with Crippen LogP contribution in [-0.4, -0.2) is 30.1 Å². The molecule has 4 nitrogen and oxygen atoms in total. The van der Waals surface area contributed by atoms with Gasteiger partial charge in [-0.25, -0.2) is 4.79 Å². The Morgan fingerprint density at radius 1 is 1.21 bits per heavy atom. The van der Waals surface area contributed by atoms with E-state index >= 15 is 0 Å². The van der Waals surface area contributed by atoms with Crippen molar-refractivity contribution >= 4 is 59.5 Å². The molecule has 0 aliphatic carbocycles. The fraction of sp³-hybridized carbons (Fsp3) is 0.417. The summed E-state index contributed by atoms with van der Waals surface area (Å²) in [6.07, 6.45) is 1.80. The lowest BCUT2D eigenvalue weighted by atomic mass is 10.0. The number of nitrogens with one attached hydrogen (secondary N) is 1. The van der Waals surface area contributed by atoms with E-state index in [1.807, 2.05) is 12.1 Å². The van der Waals surface area contributed by atoms with Gasteiger partial charge in [0.15, 0.2) is 0 Å². The molecule has 0 bridgehead atoms. The van der Waals surface area contributed by atoms with Crippen molar-refractivity contribution in [1.29, 1.82) is 0 Å². The van der Waals surface area contributed by atoms with E-state index < -0.39 is 0 Å². The average Bonchev–Trinajstić information content (AvgIpc) is 2.34. The normalized spacial score (nSPS) is 16.5. The number of piperidine rings is 1. The summed E-state index contributed by atoms with van der Waals surface area (Å²) < 4.78 is 3.03. The molecule has 1 aromatic rings. The van der Waals surface area contributed by atoms with E-state index in [1.165, 1.54) is 0 Å². The Hall–Kier alpha value is -0.270. The number of likely N-dealkylation sites (tertiary alicyclic amines) is 1. The fourth-order valence-corrected chi connectivity index (χ4v) is 4.62. The minimum Gasteiger partial charge on any atom is -0.380 e. The maximum Gasteiger partial charge on any atom is 0.314 e. The lowest BCUT2D eigenvalue weighted by molar-refractivity contribution is 0.193. The van der Waals surface area contributed by atoms with Crippen molar-refractivity contribution in [3.63, 3.8) is 0 Å². The Bertz CT molecular complexity index is 464.